The molecular formula is C12H13N5OS. The van der Waals surface area contributed by atoms with Gasteiger partial charge >= 0.3 is 0 Å². The molecule has 0 aliphatic carbocycles. The Kier molecular flexibility index (Phi) is 3.22. The Balaban J connectivity index is 1.98. The van der Waals surface area contributed by atoms with Crippen molar-refractivity contribution in [2.24, 2.45) is 5.10 Å². The molecule has 3 rings (SSSR count). The van der Waals surface area contributed by atoms with Crippen LogP contribution in [0.4, 0.5) is 5.69 Å². The van der Waals surface area contributed by atoms with Gasteiger partial charge in [0.25, 0.3) is 0 Å². The van der Waals surface area contributed by atoms with E-state index in [0.29, 0.717) is 12.4 Å². The number of aromatic nitrogens is 3. The van der Waals surface area contributed by atoms with E-state index in [2.05, 4.69) is 15.3 Å². The Hall–Kier alpha value is -1.86. The van der Waals surface area contributed by atoms with Crippen LogP contribution >= 0.6 is 11.8 Å². The molecule has 19 heavy (non-hydrogen) atoms. The molecule has 6 nitrogen and oxygen atoms in total. The van der Waals surface area contributed by atoms with Crippen molar-refractivity contribution in [3.8, 4) is 0 Å². The third-order valence-electron chi connectivity index (χ3n) is 2.75. The van der Waals surface area contributed by atoms with E-state index >= 15 is 0 Å². The van der Waals surface area contributed by atoms with Gasteiger partial charge in [0.2, 0.25) is 5.16 Å². The highest BCUT2D eigenvalue weighted by Gasteiger charge is 2.19. The number of anilines is 1. The maximum absolute atomic E-state index is 5.69. The van der Waals surface area contributed by atoms with E-state index in [-0.39, 0.29) is 0 Å². The van der Waals surface area contributed by atoms with Gasteiger partial charge in [-0.05, 0) is 17.7 Å². The molecule has 2 aromatic rings. The molecule has 1 aliphatic rings. The van der Waals surface area contributed by atoms with Crippen LogP contribution in [-0.4, -0.2) is 33.4 Å². The van der Waals surface area contributed by atoms with Gasteiger partial charge in [0.1, 0.15) is 6.61 Å². The molecule has 0 atom stereocenters. The second-order valence-electron chi connectivity index (χ2n) is 4.10. The Morgan fingerprint density at radius 3 is 2.84 bits per heavy atom. The summed E-state index contributed by atoms with van der Waals surface area (Å²) >= 11 is 1.61. The standard InChI is InChI=1S/C12H13N5OS/c1-18-6-11-14-15-12-17(11)16-10(7-19-12)8-2-4-9(13)5-3-8/h2-5H,6-7,13H2,1H3. The van der Waals surface area contributed by atoms with Crippen LogP contribution in [0.15, 0.2) is 34.5 Å². The fourth-order valence-corrected chi connectivity index (χ4v) is 2.66. The molecule has 1 aromatic carbocycles. The van der Waals surface area contributed by atoms with E-state index in [9.17, 15) is 0 Å². The van der Waals surface area contributed by atoms with E-state index in [4.69, 9.17) is 10.5 Å². The number of ether oxygens (including phenoxy) is 1. The minimum absolute atomic E-state index is 0.395. The second kappa shape index (κ2) is 5.02. The molecule has 0 saturated heterocycles. The average Bonchev–Trinajstić information content (AvgIpc) is 2.83. The molecule has 0 fully saturated rings. The van der Waals surface area contributed by atoms with Crippen LogP contribution in [0.25, 0.3) is 0 Å². The summed E-state index contributed by atoms with van der Waals surface area (Å²) in [4.78, 5) is 0. The average molecular weight is 275 g/mol. The maximum Gasteiger partial charge on any atom is 0.212 e. The highest BCUT2D eigenvalue weighted by Crippen LogP contribution is 2.24. The smallest absolute Gasteiger partial charge is 0.212 e. The van der Waals surface area contributed by atoms with Crippen LogP contribution in [0.3, 0.4) is 0 Å². The minimum Gasteiger partial charge on any atom is -0.399 e. The number of hydrogen-bond acceptors (Lipinski definition) is 6. The number of thioether (sulfide) groups is 1. The zero-order valence-corrected chi connectivity index (χ0v) is 11.2. The highest BCUT2D eigenvalue weighted by atomic mass is 32.2. The molecule has 0 radical (unpaired) electrons. The predicted octanol–water partition coefficient (Wildman–Crippen LogP) is 1.36. The molecule has 0 spiro atoms. The van der Waals surface area contributed by atoms with Crippen molar-refractivity contribution < 1.29 is 4.74 Å². The first-order chi connectivity index (χ1) is 9.28. The van der Waals surface area contributed by atoms with E-state index < -0.39 is 0 Å². The number of nitrogen functional groups attached to an aromatic ring is 1. The van der Waals surface area contributed by atoms with Crippen molar-refractivity contribution in [1.29, 1.82) is 0 Å². The van der Waals surface area contributed by atoms with Crippen LogP contribution in [0.2, 0.25) is 0 Å². The summed E-state index contributed by atoms with van der Waals surface area (Å²) in [6.45, 7) is 0.395. The molecule has 98 valence electrons. The van der Waals surface area contributed by atoms with Crippen LogP contribution in [0.1, 0.15) is 11.4 Å². The number of nitrogens with zero attached hydrogens (tertiary/aromatic N) is 4. The van der Waals surface area contributed by atoms with Gasteiger partial charge in [-0.2, -0.15) is 9.78 Å². The molecule has 7 heteroatoms. The fraction of sp³-hybridized carbons (Fsp3) is 0.250. The minimum atomic E-state index is 0.395. The highest BCUT2D eigenvalue weighted by molar-refractivity contribution is 7.99. The third kappa shape index (κ3) is 2.34. The summed E-state index contributed by atoms with van der Waals surface area (Å²) in [6, 6.07) is 7.70. The van der Waals surface area contributed by atoms with Crippen molar-refractivity contribution in [3.63, 3.8) is 0 Å². The van der Waals surface area contributed by atoms with Crippen molar-refractivity contribution in [2.45, 2.75) is 11.8 Å². The van der Waals surface area contributed by atoms with Crippen LogP contribution in [0.5, 0.6) is 0 Å². The first-order valence-corrected chi connectivity index (χ1v) is 6.76. The Bertz CT molecular complexity index is 620. The lowest BCUT2D eigenvalue weighted by molar-refractivity contribution is 0.174. The monoisotopic (exact) mass is 275 g/mol. The number of rotatable bonds is 3. The Morgan fingerprint density at radius 2 is 2.11 bits per heavy atom. The molecule has 1 aromatic heterocycles. The molecule has 0 bridgehead atoms. The zero-order chi connectivity index (χ0) is 13.2. The summed E-state index contributed by atoms with van der Waals surface area (Å²) in [6.07, 6.45) is 0. The lowest BCUT2D eigenvalue weighted by Gasteiger charge is -2.13. The van der Waals surface area contributed by atoms with E-state index in [1.54, 1.807) is 23.5 Å². The van der Waals surface area contributed by atoms with Gasteiger partial charge in [-0.25, -0.2) is 0 Å². The van der Waals surface area contributed by atoms with Crippen LogP contribution < -0.4 is 5.73 Å². The number of benzene rings is 1. The predicted molar refractivity (Wildman–Crippen MR) is 74.2 cm³/mol. The second-order valence-corrected chi connectivity index (χ2v) is 5.04. The quantitative estimate of drug-likeness (QED) is 0.856. The van der Waals surface area contributed by atoms with Gasteiger partial charge in [0, 0.05) is 18.6 Å². The SMILES string of the molecule is COCc1nnc2n1N=C(c1ccc(N)cc1)CS2. The van der Waals surface area contributed by atoms with Gasteiger partial charge in [-0.15, -0.1) is 10.2 Å². The molecule has 0 unspecified atom stereocenters. The van der Waals surface area contributed by atoms with Gasteiger partial charge in [0.15, 0.2) is 5.82 Å². The fourth-order valence-electron chi connectivity index (χ4n) is 1.80. The number of fused-ring (bicyclic) bond motifs is 1. The zero-order valence-electron chi connectivity index (χ0n) is 10.4. The molecule has 1 aliphatic heterocycles. The number of nitrogens with two attached hydrogens (primary N) is 1. The van der Waals surface area contributed by atoms with Gasteiger partial charge in [0.05, 0.1) is 5.71 Å². The van der Waals surface area contributed by atoms with E-state index in [1.807, 2.05) is 24.3 Å². The van der Waals surface area contributed by atoms with Crippen molar-refractivity contribution in [2.75, 3.05) is 18.6 Å². The Labute approximate surface area is 114 Å². The van der Waals surface area contributed by atoms with Crippen molar-refractivity contribution in [3.05, 3.63) is 35.7 Å². The molecule has 0 saturated carbocycles. The number of methoxy groups -OCH3 is 1. The third-order valence-corrected chi connectivity index (χ3v) is 3.68. The Morgan fingerprint density at radius 1 is 1.32 bits per heavy atom. The van der Waals surface area contributed by atoms with Gasteiger partial charge in [-0.1, -0.05) is 23.9 Å². The number of hydrogen-bond donors (Lipinski definition) is 1. The van der Waals surface area contributed by atoms with Crippen molar-refractivity contribution >= 4 is 23.2 Å². The largest absolute Gasteiger partial charge is 0.399 e. The first kappa shape index (κ1) is 12.2. The lowest BCUT2D eigenvalue weighted by Crippen LogP contribution is -2.14. The molecule has 2 N–H and O–H groups in total. The summed E-state index contributed by atoms with van der Waals surface area (Å²) in [5, 5.41) is 13.5. The van der Waals surface area contributed by atoms with Gasteiger partial charge < -0.3 is 10.5 Å². The van der Waals surface area contributed by atoms with Crippen LogP contribution in [-0.2, 0) is 11.3 Å². The lowest BCUT2D eigenvalue weighted by atomic mass is 10.1. The summed E-state index contributed by atoms with van der Waals surface area (Å²) in [7, 11) is 1.63. The molecule has 0 amide bonds. The van der Waals surface area contributed by atoms with Crippen molar-refractivity contribution in [1.82, 2.24) is 14.9 Å². The molecule has 2 heterocycles. The van der Waals surface area contributed by atoms with E-state index in [0.717, 1.165) is 27.9 Å². The van der Waals surface area contributed by atoms with Gasteiger partial charge in [-0.3, -0.25) is 0 Å². The first-order valence-electron chi connectivity index (χ1n) is 5.77. The van der Waals surface area contributed by atoms with Crippen LogP contribution in [0, 0.1) is 0 Å². The maximum atomic E-state index is 5.69. The van der Waals surface area contributed by atoms with E-state index in [1.165, 1.54) is 0 Å². The topological polar surface area (TPSA) is 78.3 Å². The molecular weight excluding hydrogens is 262 g/mol. The summed E-state index contributed by atoms with van der Waals surface area (Å²) < 4.78 is 6.83. The summed E-state index contributed by atoms with van der Waals surface area (Å²) in [5.74, 6) is 1.48. The summed E-state index contributed by atoms with van der Waals surface area (Å²) in [5.41, 5.74) is 8.48. The normalized spacial score (nSPS) is 14.1.